The number of carbonyl (C=O) groups excluding carboxylic acids is 3. The van der Waals surface area contributed by atoms with Gasteiger partial charge in [-0.1, -0.05) is 12.1 Å². The van der Waals surface area contributed by atoms with Crippen molar-refractivity contribution in [3.05, 3.63) is 88.5 Å². The van der Waals surface area contributed by atoms with Gasteiger partial charge in [0.05, 0.1) is 11.6 Å². The molecular weight excluding hydrogens is 544 g/mol. The molecule has 11 heteroatoms. The molecule has 42 heavy (non-hydrogen) atoms. The number of hydrogen-bond donors (Lipinski definition) is 1. The highest BCUT2D eigenvalue weighted by molar-refractivity contribution is 6.06. The Morgan fingerprint density at radius 2 is 1.74 bits per heavy atom. The van der Waals surface area contributed by atoms with Crippen LogP contribution in [0.4, 0.5) is 14.5 Å². The van der Waals surface area contributed by atoms with Gasteiger partial charge < -0.3 is 14.5 Å². The summed E-state index contributed by atoms with van der Waals surface area (Å²) < 4.78 is 34.4. The molecule has 214 valence electrons. The van der Waals surface area contributed by atoms with E-state index in [4.69, 9.17) is 10.00 Å². The van der Waals surface area contributed by atoms with E-state index in [1.54, 1.807) is 12.1 Å². The van der Waals surface area contributed by atoms with Gasteiger partial charge in [0, 0.05) is 62.5 Å². The normalized spacial score (nSPS) is 19.0. The predicted molar refractivity (Wildman–Crippen MR) is 148 cm³/mol. The van der Waals surface area contributed by atoms with Gasteiger partial charge in [0.1, 0.15) is 17.6 Å². The number of nitrogens with one attached hydrogen (secondary N) is 1. The zero-order chi connectivity index (χ0) is 29.4. The number of ether oxygens (including phenoxy) is 1. The molecule has 3 aliphatic heterocycles. The summed E-state index contributed by atoms with van der Waals surface area (Å²) in [6.45, 7) is 3.55. The topological polar surface area (TPSA) is 106 Å². The van der Waals surface area contributed by atoms with Crippen molar-refractivity contribution in [2.24, 2.45) is 0 Å². The smallest absolute Gasteiger partial charge is 0.255 e. The van der Waals surface area contributed by atoms with E-state index < -0.39 is 29.5 Å². The van der Waals surface area contributed by atoms with Crippen molar-refractivity contribution in [2.45, 2.75) is 32.0 Å². The van der Waals surface area contributed by atoms with Crippen molar-refractivity contribution >= 4 is 23.4 Å². The second kappa shape index (κ2) is 11.2. The second-order valence-electron chi connectivity index (χ2n) is 10.6. The molecule has 9 nitrogen and oxygen atoms in total. The molecule has 0 aromatic heterocycles. The minimum absolute atomic E-state index is 0.0450. The van der Waals surface area contributed by atoms with Crippen LogP contribution in [0.2, 0.25) is 0 Å². The van der Waals surface area contributed by atoms with Gasteiger partial charge in [-0.25, -0.2) is 8.78 Å². The molecule has 0 aliphatic carbocycles. The highest BCUT2D eigenvalue weighted by Crippen LogP contribution is 2.36. The van der Waals surface area contributed by atoms with Gasteiger partial charge in [-0.2, -0.15) is 5.26 Å². The van der Waals surface area contributed by atoms with Crippen molar-refractivity contribution in [2.75, 3.05) is 31.1 Å². The molecule has 3 heterocycles. The maximum atomic E-state index is 14.7. The fraction of sp³-hybridized carbons (Fsp3) is 0.290. The van der Waals surface area contributed by atoms with E-state index in [0.29, 0.717) is 49.7 Å². The standard InChI is InChI=1S/C31H27F2N5O4/c32-21-14-23-24(18-38(31(23)41)26-6-8-29(39)35-30(26)40)27(15-21)37-11-9-36(10-12-37)17-19-1-4-22(5-2-19)42-28-7-3-20(16-34)13-25(28)33/h1-5,7,13-15,26H,6,8-12,17-18H2,(H,35,39,40). The van der Waals surface area contributed by atoms with E-state index in [1.807, 2.05) is 18.2 Å². The number of anilines is 1. The number of piperazine rings is 1. The largest absolute Gasteiger partial charge is 0.454 e. The molecule has 0 spiro atoms. The highest BCUT2D eigenvalue weighted by atomic mass is 19.1. The number of hydrogen-bond acceptors (Lipinski definition) is 7. The lowest BCUT2D eigenvalue weighted by Crippen LogP contribution is -2.52. The molecule has 3 aromatic rings. The lowest BCUT2D eigenvalue weighted by atomic mass is 10.0. The minimum Gasteiger partial charge on any atom is -0.454 e. The summed E-state index contributed by atoms with van der Waals surface area (Å²) in [6.07, 6.45) is 0.408. The van der Waals surface area contributed by atoms with Crippen molar-refractivity contribution in [1.82, 2.24) is 15.1 Å². The summed E-state index contributed by atoms with van der Waals surface area (Å²) in [5.74, 6) is -1.83. The highest BCUT2D eigenvalue weighted by Gasteiger charge is 2.41. The van der Waals surface area contributed by atoms with Crippen LogP contribution in [0.25, 0.3) is 0 Å². The number of nitrogens with zero attached hydrogens (tertiary/aromatic N) is 4. The molecule has 3 aromatic carbocycles. The fourth-order valence-electron chi connectivity index (χ4n) is 5.74. The Labute approximate surface area is 240 Å². The number of piperidine rings is 1. The molecule has 0 saturated carbocycles. The molecule has 6 rings (SSSR count). The Morgan fingerprint density at radius 1 is 0.976 bits per heavy atom. The first-order valence-electron chi connectivity index (χ1n) is 13.7. The summed E-state index contributed by atoms with van der Waals surface area (Å²) in [5.41, 5.74) is 2.89. The Balaban J connectivity index is 1.08. The number of carbonyl (C=O) groups is 3. The van der Waals surface area contributed by atoms with Crippen LogP contribution in [0.15, 0.2) is 54.6 Å². The van der Waals surface area contributed by atoms with E-state index in [9.17, 15) is 23.2 Å². The van der Waals surface area contributed by atoms with Crippen LogP contribution in [0.5, 0.6) is 11.5 Å². The van der Waals surface area contributed by atoms with E-state index in [-0.39, 0.29) is 42.2 Å². The minimum atomic E-state index is -0.754. The van der Waals surface area contributed by atoms with Crippen LogP contribution in [0.3, 0.4) is 0 Å². The summed E-state index contributed by atoms with van der Waals surface area (Å²) in [5, 5.41) is 11.2. The van der Waals surface area contributed by atoms with Gasteiger partial charge in [0.2, 0.25) is 11.8 Å². The van der Waals surface area contributed by atoms with Crippen molar-refractivity contribution in [1.29, 1.82) is 5.26 Å². The third-order valence-corrected chi connectivity index (χ3v) is 7.93. The molecule has 1 atom stereocenters. The molecule has 0 bridgehead atoms. The predicted octanol–water partition coefficient (Wildman–Crippen LogP) is 3.71. The molecular formula is C31H27F2N5O4. The molecule has 1 N–H and O–H groups in total. The van der Waals surface area contributed by atoms with Gasteiger partial charge in [-0.15, -0.1) is 0 Å². The Bertz CT molecular complexity index is 1610. The van der Waals surface area contributed by atoms with Crippen LogP contribution in [-0.2, 0) is 22.7 Å². The van der Waals surface area contributed by atoms with Gasteiger partial charge in [0.15, 0.2) is 11.6 Å². The van der Waals surface area contributed by atoms with Gasteiger partial charge in [-0.05, 0) is 54.4 Å². The van der Waals surface area contributed by atoms with Crippen LogP contribution in [-0.4, -0.2) is 59.7 Å². The summed E-state index contributed by atoms with van der Waals surface area (Å²) >= 11 is 0. The zero-order valence-corrected chi connectivity index (χ0v) is 22.6. The maximum Gasteiger partial charge on any atom is 0.255 e. The van der Waals surface area contributed by atoms with Gasteiger partial charge in [-0.3, -0.25) is 24.6 Å². The fourth-order valence-corrected chi connectivity index (χ4v) is 5.74. The number of benzene rings is 3. The first-order valence-corrected chi connectivity index (χ1v) is 13.7. The Hall–Kier alpha value is -4.82. The summed E-state index contributed by atoms with van der Waals surface area (Å²) in [7, 11) is 0. The third-order valence-electron chi connectivity index (χ3n) is 7.93. The van der Waals surface area contributed by atoms with E-state index >= 15 is 0 Å². The van der Waals surface area contributed by atoms with Gasteiger partial charge >= 0.3 is 0 Å². The quantitative estimate of drug-likeness (QED) is 0.450. The van der Waals surface area contributed by atoms with Crippen LogP contribution in [0, 0.1) is 23.0 Å². The number of halogens is 2. The zero-order valence-electron chi connectivity index (χ0n) is 22.6. The number of fused-ring (bicyclic) bond motifs is 1. The van der Waals surface area contributed by atoms with E-state index in [2.05, 4.69) is 15.1 Å². The van der Waals surface area contributed by atoms with Crippen molar-refractivity contribution in [3.63, 3.8) is 0 Å². The Kier molecular flexibility index (Phi) is 7.31. The first-order chi connectivity index (χ1) is 20.3. The average Bonchev–Trinajstić information content (AvgIpc) is 3.30. The molecule has 3 aliphatic rings. The molecule has 1 unspecified atom stereocenters. The molecule has 2 fully saturated rings. The maximum absolute atomic E-state index is 14.7. The summed E-state index contributed by atoms with van der Waals surface area (Å²) in [6, 6.07) is 15.2. The first kappa shape index (κ1) is 27.4. The number of imide groups is 1. The second-order valence-corrected chi connectivity index (χ2v) is 10.6. The lowest BCUT2D eigenvalue weighted by molar-refractivity contribution is -0.136. The summed E-state index contributed by atoms with van der Waals surface area (Å²) in [4.78, 5) is 42.9. The monoisotopic (exact) mass is 571 g/mol. The lowest BCUT2D eigenvalue weighted by Gasteiger charge is -2.37. The number of nitriles is 1. The average molecular weight is 572 g/mol. The number of amides is 3. The van der Waals surface area contributed by atoms with Crippen LogP contribution in [0.1, 0.15) is 39.9 Å². The molecule has 0 radical (unpaired) electrons. The van der Waals surface area contributed by atoms with Gasteiger partial charge in [0.25, 0.3) is 5.91 Å². The SMILES string of the molecule is N#Cc1ccc(Oc2ccc(CN3CCN(c4cc(F)cc5c4CN(C4CCC(=O)NC4=O)C5=O)CC3)cc2)c(F)c1. The molecule has 3 amide bonds. The van der Waals surface area contributed by atoms with Crippen LogP contribution < -0.4 is 15.0 Å². The van der Waals surface area contributed by atoms with Crippen molar-refractivity contribution < 1.29 is 27.9 Å². The Morgan fingerprint density at radius 3 is 2.43 bits per heavy atom. The van der Waals surface area contributed by atoms with E-state index in [1.165, 1.54) is 29.2 Å². The van der Waals surface area contributed by atoms with Crippen LogP contribution >= 0.6 is 0 Å². The molecule has 2 saturated heterocycles. The van der Waals surface area contributed by atoms with Crippen molar-refractivity contribution in [3.8, 4) is 17.6 Å². The van der Waals surface area contributed by atoms with E-state index in [0.717, 1.165) is 11.6 Å². The third kappa shape index (κ3) is 5.41. The number of rotatable bonds is 6.